The molecule has 14 heavy (non-hydrogen) atoms. The third-order valence-corrected chi connectivity index (χ3v) is 3.80. The fraction of sp³-hybridized carbons (Fsp3) is 0.538. The van der Waals surface area contributed by atoms with E-state index in [4.69, 9.17) is 11.6 Å². The Morgan fingerprint density at radius 1 is 1.29 bits per heavy atom. The minimum Gasteiger partial charge on any atom is -0.123 e. The molecule has 0 nitrogen and oxygen atoms in total. The van der Waals surface area contributed by atoms with Gasteiger partial charge in [-0.2, -0.15) is 0 Å². The van der Waals surface area contributed by atoms with E-state index in [-0.39, 0.29) is 0 Å². The fourth-order valence-electron chi connectivity index (χ4n) is 2.39. The van der Waals surface area contributed by atoms with Gasteiger partial charge in [-0.3, -0.25) is 0 Å². The van der Waals surface area contributed by atoms with Gasteiger partial charge in [0.15, 0.2) is 0 Å². The Labute approximate surface area is 91.3 Å². The summed E-state index contributed by atoms with van der Waals surface area (Å²) in [6.45, 7) is 4.46. The molecule has 1 aromatic carbocycles. The number of rotatable bonds is 1. The number of benzene rings is 1. The van der Waals surface area contributed by atoms with Crippen molar-refractivity contribution < 1.29 is 0 Å². The second-order valence-corrected chi connectivity index (χ2v) is 5.38. The molecule has 76 valence electrons. The zero-order valence-corrected chi connectivity index (χ0v) is 9.64. The van der Waals surface area contributed by atoms with E-state index in [1.807, 2.05) is 0 Å². The minimum atomic E-state index is 0.320. The van der Waals surface area contributed by atoms with E-state index in [1.165, 1.54) is 17.5 Å². The van der Waals surface area contributed by atoms with Gasteiger partial charge in [0.05, 0.1) is 0 Å². The molecule has 0 radical (unpaired) electrons. The predicted molar refractivity (Wildman–Crippen MR) is 62.0 cm³/mol. The molecule has 0 saturated heterocycles. The van der Waals surface area contributed by atoms with Crippen molar-refractivity contribution in [1.82, 2.24) is 0 Å². The molecular weight excluding hydrogens is 192 g/mol. The topological polar surface area (TPSA) is 0 Å². The SMILES string of the molecule is Cc1ccc(C2(C)CCC(Cl)C2)cc1. The first-order chi connectivity index (χ1) is 6.60. The van der Waals surface area contributed by atoms with E-state index in [1.54, 1.807) is 0 Å². The Morgan fingerprint density at radius 3 is 2.43 bits per heavy atom. The van der Waals surface area contributed by atoms with Crippen molar-refractivity contribution in [1.29, 1.82) is 0 Å². The molecule has 2 unspecified atom stereocenters. The summed E-state index contributed by atoms with van der Waals surface area (Å²) in [5, 5.41) is 0.376. The first-order valence-electron chi connectivity index (χ1n) is 5.31. The van der Waals surface area contributed by atoms with Crippen LogP contribution in [-0.4, -0.2) is 5.38 Å². The molecule has 0 spiro atoms. The van der Waals surface area contributed by atoms with Crippen LogP contribution in [0.15, 0.2) is 24.3 Å². The number of aryl methyl sites for hydroxylation is 1. The van der Waals surface area contributed by atoms with Crippen LogP contribution < -0.4 is 0 Å². The highest BCUT2D eigenvalue weighted by molar-refractivity contribution is 6.20. The van der Waals surface area contributed by atoms with Gasteiger partial charge in [-0.25, -0.2) is 0 Å². The summed E-state index contributed by atoms with van der Waals surface area (Å²) in [5.74, 6) is 0. The second kappa shape index (κ2) is 3.58. The number of halogens is 1. The van der Waals surface area contributed by atoms with Crippen LogP contribution in [0.2, 0.25) is 0 Å². The lowest BCUT2D eigenvalue weighted by atomic mass is 9.81. The molecule has 1 aliphatic rings. The maximum Gasteiger partial charge on any atom is 0.0344 e. The van der Waals surface area contributed by atoms with Gasteiger partial charge in [-0.1, -0.05) is 36.8 Å². The van der Waals surface area contributed by atoms with Gasteiger partial charge in [-0.05, 0) is 37.2 Å². The van der Waals surface area contributed by atoms with E-state index >= 15 is 0 Å². The van der Waals surface area contributed by atoms with Gasteiger partial charge in [0.25, 0.3) is 0 Å². The maximum absolute atomic E-state index is 6.18. The third-order valence-electron chi connectivity index (χ3n) is 3.43. The second-order valence-electron chi connectivity index (χ2n) is 4.77. The van der Waals surface area contributed by atoms with Crippen LogP contribution in [0.3, 0.4) is 0 Å². The van der Waals surface area contributed by atoms with Gasteiger partial charge in [0.1, 0.15) is 0 Å². The summed E-state index contributed by atoms with van der Waals surface area (Å²) in [6, 6.07) is 8.90. The zero-order chi connectivity index (χ0) is 10.2. The van der Waals surface area contributed by atoms with Crippen LogP contribution in [0, 0.1) is 6.92 Å². The number of hydrogen-bond acceptors (Lipinski definition) is 0. The number of hydrogen-bond donors (Lipinski definition) is 0. The molecule has 0 N–H and O–H groups in total. The number of alkyl halides is 1. The monoisotopic (exact) mass is 208 g/mol. The standard InChI is InChI=1S/C13H17Cl/c1-10-3-5-11(6-4-10)13(2)8-7-12(14)9-13/h3-6,12H,7-9H2,1-2H3. The largest absolute Gasteiger partial charge is 0.123 e. The van der Waals surface area contributed by atoms with Gasteiger partial charge in [0, 0.05) is 5.38 Å². The Kier molecular flexibility index (Phi) is 2.57. The molecule has 0 aromatic heterocycles. The van der Waals surface area contributed by atoms with Crippen molar-refractivity contribution >= 4 is 11.6 Å². The van der Waals surface area contributed by atoms with Crippen LogP contribution in [0.25, 0.3) is 0 Å². The van der Waals surface area contributed by atoms with Crippen LogP contribution in [0.1, 0.15) is 37.3 Å². The molecule has 2 rings (SSSR count). The summed E-state index contributed by atoms with van der Waals surface area (Å²) in [5.41, 5.74) is 3.10. The molecule has 1 aliphatic carbocycles. The van der Waals surface area contributed by atoms with Gasteiger partial charge in [-0.15, -0.1) is 11.6 Å². The highest BCUT2D eigenvalue weighted by atomic mass is 35.5. The fourth-order valence-corrected chi connectivity index (χ4v) is 2.84. The average molecular weight is 209 g/mol. The molecule has 1 heteroatoms. The van der Waals surface area contributed by atoms with E-state index in [2.05, 4.69) is 38.1 Å². The van der Waals surface area contributed by atoms with Crippen LogP contribution >= 0.6 is 11.6 Å². The van der Waals surface area contributed by atoms with Gasteiger partial charge in [0.2, 0.25) is 0 Å². The molecule has 1 saturated carbocycles. The predicted octanol–water partition coefficient (Wildman–Crippen LogP) is 4.04. The van der Waals surface area contributed by atoms with Crippen molar-refractivity contribution in [3.05, 3.63) is 35.4 Å². The molecular formula is C13H17Cl. The maximum atomic E-state index is 6.18. The van der Waals surface area contributed by atoms with Crippen LogP contribution in [0.4, 0.5) is 0 Å². The quantitative estimate of drug-likeness (QED) is 0.611. The molecule has 0 bridgehead atoms. The molecule has 0 amide bonds. The molecule has 0 aliphatic heterocycles. The minimum absolute atomic E-state index is 0.320. The molecule has 0 heterocycles. The molecule has 1 aromatic rings. The van der Waals surface area contributed by atoms with Crippen molar-refractivity contribution in [2.45, 2.75) is 43.9 Å². The Hall–Kier alpha value is -0.490. The van der Waals surface area contributed by atoms with Crippen LogP contribution in [0.5, 0.6) is 0 Å². The summed E-state index contributed by atoms with van der Waals surface area (Å²) in [7, 11) is 0. The van der Waals surface area contributed by atoms with E-state index in [9.17, 15) is 0 Å². The summed E-state index contributed by atoms with van der Waals surface area (Å²) in [4.78, 5) is 0. The smallest absolute Gasteiger partial charge is 0.0344 e. The van der Waals surface area contributed by atoms with Crippen molar-refractivity contribution in [3.8, 4) is 0 Å². The Bertz CT molecular complexity index is 315. The van der Waals surface area contributed by atoms with Gasteiger partial charge < -0.3 is 0 Å². The average Bonchev–Trinajstić information content (AvgIpc) is 2.48. The van der Waals surface area contributed by atoms with Crippen LogP contribution in [-0.2, 0) is 5.41 Å². The molecule has 2 atom stereocenters. The summed E-state index contributed by atoms with van der Waals surface area (Å²) in [6.07, 6.45) is 3.51. The van der Waals surface area contributed by atoms with Gasteiger partial charge >= 0.3 is 0 Å². The Balaban J connectivity index is 2.26. The summed E-state index contributed by atoms with van der Waals surface area (Å²) >= 11 is 6.18. The van der Waals surface area contributed by atoms with E-state index < -0.39 is 0 Å². The normalized spacial score (nSPS) is 32.1. The van der Waals surface area contributed by atoms with E-state index in [0.717, 1.165) is 12.8 Å². The van der Waals surface area contributed by atoms with Crippen molar-refractivity contribution in [3.63, 3.8) is 0 Å². The Morgan fingerprint density at radius 2 is 1.93 bits per heavy atom. The first-order valence-corrected chi connectivity index (χ1v) is 5.75. The lowest BCUT2D eigenvalue weighted by Gasteiger charge is -2.24. The third kappa shape index (κ3) is 1.81. The zero-order valence-electron chi connectivity index (χ0n) is 8.89. The first kappa shape index (κ1) is 10.0. The lowest BCUT2D eigenvalue weighted by molar-refractivity contribution is 0.492. The van der Waals surface area contributed by atoms with E-state index in [0.29, 0.717) is 10.8 Å². The molecule has 1 fully saturated rings. The van der Waals surface area contributed by atoms with Crippen molar-refractivity contribution in [2.24, 2.45) is 0 Å². The highest BCUT2D eigenvalue weighted by Gasteiger charge is 2.35. The summed E-state index contributed by atoms with van der Waals surface area (Å²) < 4.78 is 0. The lowest BCUT2D eigenvalue weighted by Crippen LogP contribution is -2.17. The van der Waals surface area contributed by atoms with Crippen molar-refractivity contribution in [2.75, 3.05) is 0 Å². The highest BCUT2D eigenvalue weighted by Crippen LogP contribution is 2.42.